The summed E-state index contributed by atoms with van der Waals surface area (Å²) in [6.45, 7) is 7.38. The van der Waals surface area contributed by atoms with Crippen molar-refractivity contribution in [2.75, 3.05) is 19.6 Å². The zero-order chi connectivity index (χ0) is 27.8. The Morgan fingerprint density at radius 2 is 1.89 bits per heavy atom. The number of alkyl halides is 4. The lowest BCUT2D eigenvalue weighted by molar-refractivity contribution is -0.151. The number of carbonyl (C=O) groups excluding carboxylic acids is 5. The number of nitrogens with zero attached hydrogens (tertiary/aromatic N) is 2. The smallest absolute Gasteiger partial charge is 0.315 e. The fraction of sp³-hybridized carbons (Fsp3) is 0.783. The van der Waals surface area contributed by atoms with E-state index in [9.17, 15) is 37.1 Å². The number of likely N-dealkylation sites (tertiary alicyclic amines) is 1. The molecule has 5 amide bonds. The van der Waals surface area contributed by atoms with Crippen LogP contribution in [0.5, 0.6) is 0 Å². The van der Waals surface area contributed by atoms with Crippen LogP contribution in [0.25, 0.3) is 0 Å². The summed E-state index contributed by atoms with van der Waals surface area (Å²) < 4.78 is 39.6. The first-order valence-corrected chi connectivity index (χ1v) is 12.7. The van der Waals surface area contributed by atoms with Gasteiger partial charge in [0.2, 0.25) is 11.8 Å². The van der Waals surface area contributed by atoms with Gasteiger partial charge >= 0.3 is 6.43 Å². The zero-order valence-electron chi connectivity index (χ0n) is 21.1. The van der Waals surface area contributed by atoms with E-state index in [1.54, 1.807) is 13.8 Å². The lowest BCUT2D eigenvalue weighted by Gasteiger charge is -2.36. The molecular formula is C23H33ClF3N5O5. The van der Waals surface area contributed by atoms with Gasteiger partial charge in [0.1, 0.15) is 12.1 Å². The number of fused-ring (bicyclic) bond motifs is 1. The van der Waals surface area contributed by atoms with E-state index in [4.69, 9.17) is 11.6 Å². The molecule has 0 aromatic heterocycles. The number of halogens is 4. The Morgan fingerprint density at radius 1 is 1.24 bits per heavy atom. The highest BCUT2D eigenvalue weighted by Crippen LogP contribution is 2.65. The molecule has 2 heterocycles. The second-order valence-electron chi connectivity index (χ2n) is 10.6. The Hall–Kier alpha value is -2.57. The summed E-state index contributed by atoms with van der Waals surface area (Å²) in [5.41, 5.74) is -0.456. The Labute approximate surface area is 217 Å². The molecule has 0 aromatic rings. The molecule has 10 nitrogen and oxygen atoms in total. The van der Waals surface area contributed by atoms with Crippen LogP contribution in [0.15, 0.2) is 0 Å². The van der Waals surface area contributed by atoms with Gasteiger partial charge in [0.05, 0.1) is 12.5 Å². The minimum Gasteiger partial charge on any atom is -0.356 e. The highest BCUT2D eigenvalue weighted by Gasteiger charge is 2.69. The van der Waals surface area contributed by atoms with Crippen LogP contribution in [-0.4, -0.2) is 83.2 Å². The van der Waals surface area contributed by atoms with Crippen molar-refractivity contribution >= 4 is 41.1 Å². The van der Waals surface area contributed by atoms with Crippen LogP contribution >= 0.6 is 11.6 Å². The molecule has 3 aliphatic rings. The number of carbonyl (C=O) groups is 5. The predicted molar refractivity (Wildman–Crippen MR) is 125 cm³/mol. The summed E-state index contributed by atoms with van der Waals surface area (Å²) in [5.74, 6) is -6.29. The summed E-state index contributed by atoms with van der Waals surface area (Å²) in [7, 11) is 0. The minimum atomic E-state index is -3.32. The fourth-order valence-electron chi connectivity index (χ4n) is 5.44. The van der Waals surface area contributed by atoms with Gasteiger partial charge in [-0.2, -0.15) is 8.78 Å². The molecule has 37 heavy (non-hydrogen) atoms. The van der Waals surface area contributed by atoms with Gasteiger partial charge in [-0.3, -0.25) is 29.4 Å². The van der Waals surface area contributed by atoms with Gasteiger partial charge in [-0.05, 0) is 29.6 Å². The Morgan fingerprint density at radius 3 is 2.41 bits per heavy atom. The van der Waals surface area contributed by atoms with Gasteiger partial charge in [-0.1, -0.05) is 45.7 Å². The fourth-order valence-corrected chi connectivity index (χ4v) is 5.56. The summed E-state index contributed by atoms with van der Waals surface area (Å²) in [4.78, 5) is 64.4. The second-order valence-corrected chi connectivity index (χ2v) is 10.9. The van der Waals surface area contributed by atoms with Crippen LogP contribution < -0.4 is 16.1 Å². The second kappa shape index (κ2) is 11.0. The van der Waals surface area contributed by atoms with Gasteiger partial charge in [0, 0.05) is 13.1 Å². The Bertz CT molecular complexity index is 952. The van der Waals surface area contributed by atoms with E-state index in [0.717, 1.165) is 0 Å². The van der Waals surface area contributed by atoms with Crippen LogP contribution in [0.1, 0.15) is 40.5 Å². The van der Waals surface area contributed by atoms with Crippen molar-refractivity contribution in [3.63, 3.8) is 0 Å². The van der Waals surface area contributed by atoms with Crippen molar-refractivity contribution in [2.45, 2.75) is 64.7 Å². The number of rotatable bonds is 9. The molecule has 0 aromatic carbocycles. The Balaban J connectivity index is 1.85. The monoisotopic (exact) mass is 551 g/mol. The van der Waals surface area contributed by atoms with Gasteiger partial charge in [0.25, 0.3) is 23.4 Å². The quantitative estimate of drug-likeness (QED) is 0.288. The van der Waals surface area contributed by atoms with Gasteiger partial charge < -0.3 is 15.5 Å². The highest BCUT2D eigenvalue weighted by molar-refractivity contribution is 6.29. The summed E-state index contributed by atoms with van der Waals surface area (Å²) >= 11 is 5.34. The number of hydrogen-bond donors (Lipinski definition) is 3. The molecule has 2 saturated heterocycles. The molecule has 7 atom stereocenters. The van der Waals surface area contributed by atoms with Crippen molar-refractivity contribution in [2.24, 2.45) is 29.1 Å². The van der Waals surface area contributed by atoms with Crippen molar-refractivity contribution < 1.29 is 37.1 Å². The predicted octanol–water partition coefficient (Wildman–Crippen LogP) is 0.796. The van der Waals surface area contributed by atoms with Crippen LogP contribution in [0, 0.1) is 29.1 Å². The number of nitrogens with one attached hydrogen (secondary N) is 3. The highest BCUT2D eigenvalue weighted by atomic mass is 35.5. The maximum Gasteiger partial charge on any atom is 0.315 e. The maximum absolute atomic E-state index is 13.7. The molecule has 3 N–H and O–H groups in total. The van der Waals surface area contributed by atoms with E-state index in [2.05, 4.69) is 16.1 Å². The molecule has 0 spiro atoms. The minimum absolute atomic E-state index is 0.0812. The zero-order valence-corrected chi connectivity index (χ0v) is 21.9. The average molecular weight is 552 g/mol. The third kappa shape index (κ3) is 5.80. The summed E-state index contributed by atoms with van der Waals surface area (Å²) in [5, 5.41) is 5.34. The summed E-state index contributed by atoms with van der Waals surface area (Å²) in [6, 6.07) is -2.40. The first-order chi connectivity index (χ1) is 17.2. The van der Waals surface area contributed by atoms with Crippen molar-refractivity contribution in [3.05, 3.63) is 0 Å². The third-order valence-corrected chi connectivity index (χ3v) is 8.19. The van der Waals surface area contributed by atoms with Crippen LogP contribution in [0.3, 0.4) is 0 Å². The molecule has 3 fully saturated rings. The molecule has 3 rings (SSSR count). The number of piperidine rings is 1. The standard InChI is InChI=1S/C23H33ClF3N5O5/c1-5-10(2)14(29-20(35)17(26)27)21(36)31-9-12-13(23(12,3)4)15(31)19(34)30-32(22(37)16(24)25)8-11-6-7-28-18(11)33/h10-17H,5-9H2,1-4H3,(H,28,33)(H,29,35)(H,30,34)/t10?,11-,12-,13-,14?,15-,16?/m0/s1. The number of hydrogen-bond acceptors (Lipinski definition) is 5. The molecule has 0 bridgehead atoms. The van der Waals surface area contributed by atoms with E-state index in [1.165, 1.54) is 4.90 Å². The van der Waals surface area contributed by atoms with Gasteiger partial charge in [-0.25, -0.2) is 9.40 Å². The van der Waals surface area contributed by atoms with E-state index in [-0.39, 0.29) is 36.2 Å². The van der Waals surface area contributed by atoms with Gasteiger partial charge in [0.15, 0.2) is 0 Å². The number of hydrazine groups is 1. The van der Waals surface area contributed by atoms with E-state index in [0.29, 0.717) is 24.4 Å². The number of amides is 5. The molecular weight excluding hydrogens is 519 g/mol. The molecule has 208 valence electrons. The largest absolute Gasteiger partial charge is 0.356 e. The average Bonchev–Trinajstić information content (AvgIpc) is 3.19. The van der Waals surface area contributed by atoms with Crippen molar-refractivity contribution in [1.29, 1.82) is 0 Å². The normalized spacial score (nSPS) is 28.1. The Kier molecular flexibility index (Phi) is 8.65. The lowest BCUT2D eigenvalue weighted by atomic mass is 9.95. The first-order valence-electron chi connectivity index (χ1n) is 12.3. The maximum atomic E-state index is 13.7. The summed E-state index contributed by atoms with van der Waals surface area (Å²) in [6.07, 6.45) is -2.56. The van der Waals surface area contributed by atoms with Crippen LogP contribution in [0.4, 0.5) is 13.2 Å². The van der Waals surface area contributed by atoms with Crippen LogP contribution in [-0.2, 0) is 24.0 Å². The third-order valence-electron chi connectivity index (χ3n) is 8.00. The molecule has 1 aliphatic carbocycles. The van der Waals surface area contributed by atoms with Crippen molar-refractivity contribution in [3.8, 4) is 0 Å². The molecule has 3 unspecified atom stereocenters. The van der Waals surface area contributed by atoms with E-state index in [1.807, 2.05) is 13.8 Å². The topological polar surface area (TPSA) is 128 Å². The first kappa shape index (κ1) is 29.0. The van der Waals surface area contributed by atoms with E-state index >= 15 is 0 Å². The SMILES string of the molecule is CCC(C)C(NC(=O)C(F)F)C(=O)N1C[C@H]2[C@@H]([C@H]1C(=O)NN(C[C@@H]1CCNC1=O)C(=O)C(F)Cl)C2(C)C. The van der Waals surface area contributed by atoms with Crippen molar-refractivity contribution in [1.82, 2.24) is 26.0 Å². The lowest BCUT2D eigenvalue weighted by Crippen LogP contribution is -2.60. The van der Waals surface area contributed by atoms with E-state index < -0.39 is 59.6 Å². The van der Waals surface area contributed by atoms with Gasteiger partial charge in [-0.15, -0.1) is 0 Å². The molecule has 1 saturated carbocycles. The molecule has 14 heteroatoms. The van der Waals surface area contributed by atoms with Crippen LogP contribution in [0.2, 0.25) is 0 Å². The molecule has 2 aliphatic heterocycles. The molecule has 0 radical (unpaired) electrons.